The molecule has 2 aromatic carbocycles. The fourth-order valence-electron chi connectivity index (χ4n) is 1.62. The molecule has 2 aromatic rings. The molecule has 2 rings (SSSR count). The quantitative estimate of drug-likeness (QED) is 0.828. The third-order valence-corrected chi connectivity index (χ3v) is 3.41. The van der Waals surface area contributed by atoms with Crippen molar-refractivity contribution >= 4 is 22.6 Å². The number of aromatic hydroxyl groups is 1. The molecule has 18 heavy (non-hydrogen) atoms. The average molecular weight is 356 g/mol. The van der Waals surface area contributed by atoms with Gasteiger partial charge in [-0.15, -0.1) is 0 Å². The Morgan fingerprint density at radius 3 is 2.33 bits per heavy atom. The Kier molecular flexibility index (Phi) is 4.43. The number of phenols is 1. The second-order valence-corrected chi connectivity index (χ2v) is 5.12. The van der Waals surface area contributed by atoms with Gasteiger partial charge in [0, 0.05) is 6.42 Å². The van der Waals surface area contributed by atoms with E-state index in [9.17, 15) is 5.11 Å². The van der Waals surface area contributed by atoms with Gasteiger partial charge in [0.25, 0.3) is 0 Å². The zero-order chi connectivity index (χ0) is 13.0. The minimum absolute atomic E-state index is 0.272. The summed E-state index contributed by atoms with van der Waals surface area (Å²) in [6.45, 7) is 0.899. The van der Waals surface area contributed by atoms with Crippen molar-refractivity contribution < 1.29 is 15.6 Å². The van der Waals surface area contributed by atoms with Gasteiger partial charge in [-0.2, -0.15) is 0 Å². The lowest BCUT2D eigenvalue weighted by atomic mass is 10.1. The molecular weight excluding hydrogens is 341 g/mol. The van der Waals surface area contributed by atoms with Crippen LogP contribution in [0.1, 0.15) is 5.56 Å². The summed E-state index contributed by atoms with van der Waals surface area (Å²) in [7, 11) is 0. The molecule has 0 aliphatic heterocycles. The minimum atomic E-state index is 0.272. The van der Waals surface area contributed by atoms with Crippen molar-refractivity contribution in [2.75, 3.05) is 6.54 Å². The van der Waals surface area contributed by atoms with Crippen molar-refractivity contribution in [2.45, 2.75) is 6.42 Å². The van der Waals surface area contributed by atoms with Crippen LogP contribution < -0.4 is 10.5 Å². The van der Waals surface area contributed by atoms with Gasteiger partial charge in [0.05, 0.1) is 10.1 Å². The van der Waals surface area contributed by atoms with Crippen molar-refractivity contribution in [3.63, 3.8) is 0 Å². The summed E-state index contributed by atoms with van der Waals surface area (Å²) in [6.07, 6.45) is 0.984. The van der Waals surface area contributed by atoms with E-state index in [1.54, 1.807) is 18.2 Å². The third kappa shape index (κ3) is 3.36. The highest BCUT2D eigenvalue weighted by atomic mass is 127. The van der Waals surface area contributed by atoms with Crippen LogP contribution in [-0.2, 0) is 6.42 Å². The lowest BCUT2D eigenvalue weighted by Gasteiger charge is -2.07. The molecule has 4 N–H and O–H groups in total. The van der Waals surface area contributed by atoms with Gasteiger partial charge in [-0.05, 0) is 58.5 Å². The van der Waals surface area contributed by atoms with Crippen molar-refractivity contribution in [3.8, 4) is 17.2 Å². The number of quaternary nitrogens is 1. The van der Waals surface area contributed by atoms with E-state index in [-0.39, 0.29) is 5.75 Å². The normalized spacial score (nSPS) is 10.3. The van der Waals surface area contributed by atoms with Crippen molar-refractivity contribution in [1.29, 1.82) is 0 Å². The van der Waals surface area contributed by atoms with Gasteiger partial charge in [0.1, 0.15) is 17.2 Å². The van der Waals surface area contributed by atoms with Gasteiger partial charge >= 0.3 is 0 Å². The SMILES string of the molecule is [NH3+]CCc1ccc(Oc2ccc(O)c(I)c2)cc1. The van der Waals surface area contributed by atoms with Crippen LogP contribution in [0.25, 0.3) is 0 Å². The van der Waals surface area contributed by atoms with Gasteiger partial charge in [0.15, 0.2) is 0 Å². The van der Waals surface area contributed by atoms with E-state index >= 15 is 0 Å². The number of hydrogen-bond donors (Lipinski definition) is 2. The Bertz CT molecular complexity index is 526. The van der Waals surface area contributed by atoms with E-state index in [4.69, 9.17) is 4.74 Å². The molecule has 94 valence electrons. The third-order valence-electron chi connectivity index (χ3n) is 2.54. The Hall–Kier alpha value is -1.27. The largest absolute Gasteiger partial charge is 0.507 e. The highest BCUT2D eigenvalue weighted by Crippen LogP contribution is 2.28. The molecule has 0 bridgehead atoms. The minimum Gasteiger partial charge on any atom is -0.507 e. The molecule has 4 heteroatoms. The van der Waals surface area contributed by atoms with Gasteiger partial charge in [0.2, 0.25) is 0 Å². The lowest BCUT2D eigenvalue weighted by Crippen LogP contribution is -2.51. The topological polar surface area (TPSA) is 57.1 Å². The van der Waals surface area contributed by atoms with E-state index in [2.05, 4.69) is 28.3 Å². The molecule has 0 atom stereocenters. The molecule has 3 nitrogen and oxygen atoms in total. The van der Waals surface area contributed by atoms with Crippen LogP contribution in [0, 0.1) is 3.57 Å². The standard InChI is InChI=1S/C14H14INO2/c15-13-9-12(5-6-14(13)17)18-11-3-1-10(2-4-11)7-8-16/h1-6,9,17H,7-8,16H2/p+1. The Morgan fingerprint density at radius 1 is 1.06 bits per heavy atom. The molecule has 0 aromatic heterocycles. The summed E-state index contributed by atoms with van der Waals surface area (Å²) >= 11 is 2.07. The van der Waals surface area contributed by atoms with E-state index in [0.29, 0.717) is 0 Å². The maximum atomic E-state index is 9.44. The predicted octanol–water partition coefficient (Wildman–Crippen LogP) is 2.57. The second-order valence-electron chi connectivity index (χ2n) is 3.96. The smallest absolute Gasteiger partial charge is 0.129 e. The van der Waals surface area contributed by atoms with Crippen LogP contribution in [0.15, 0.2) is 42.5 Å². The van der Waals surface area contributed by atoms with Crippen molar-refractivity contribution in [1.82, 2.24) is 0 Å². The molecule has 0 aliphatic rings. The molecule has 0 fully saturated rings. The second kappa shape index (κ2) is 6.06. The van der Waals surface area contributed by atoms with E-state index in [1.165, 1.54) is 5.56 Å². The number of hydrogen-bond acceptors (Lipinski definition) is 2. The molecular formula is C14H15INO2+. The van der Waals surface area contributed by atoms with E-state index in [0.717, 1.165) is 28.0 Å². The molecule has 0 spiro atoms. The van der Waals surface area contributed by atoms with Crippen molar-refractivity contribution in [3.05, 3.63) is 51.6 Å². The highest BCUT2D eigenvalue weighted by molar-refractivity contribution is 14.1. The van der Waals surface area contributed by atoms with E-state index < -0.39 is 0 Å². The number of phenolic OH excluding ortho intramolecular Hbond substituents is 1. The van der Waals surface area contributed by atoms with Crippen LogP contribution in [0.3, 0.4) is 0 Å². The van der Waals surface area contributed by atoms with E-state index in [1.807, 2.05) is 24.3 Å². The summed E-state index contributed by atoms with van der Waals surface area (Å²) in [6, 6.07) is 13.2. The number of ether oxygens (including phenoxy) is 1. The van der Waals surface area contributed by atoms with Crippen LogP contribution in [0.5, 0.6) is 17.2 Å². The molecule has 0 unspecified atom stereocenters. The summed E-state index contributed by atoms with van der Waals surface area (Å²) in [4.78, 5) is 0. The zero-order valence-electron chi connectivity index (χ0n) is 9.90. The molecule has 0 heterocycles. The maximum absolute atomic E-state index is 9.44. The van der Waals surface area contributed by atoms with Gasteiger partial charge in [-0.25, -0.2) is 0 Å². The number of benzene rings is 2. The van der Waals surface area contributed by atoms with Gasteiger partial charge in [-0.3, -0.25) is 0 Å². The summed E-state index contributed by atoms with van der Waals surface area (Å²) < 4.78 is 6.49. The maximum Gasteiger partial charge on any atom is 0.129 e. The van der Waals surface area contributed by atoms with Crippen LogP contribution >= 0.6 is 22.6 Å². The average Bonchev–Trinajstić information content (AvgIpc) is 2.37. The summed E-state index contributed by atoms with van der Waals surface area (Å²) in [5.74, 6) is 1.79. The monoisotopic (exact) mass is 356 g/mol. The lowest BCUT2D eigenvalue weighted by molar-refractivity contribution is -0.366. The fourth-order valence-corrected chi connectivity index (χ4v) is 2.10. The summed E-state index contributed by atoms with van der Waals surface area (Å²) in [5, 5.41) is 9.44. The highest BCUT2D eigenvalue weighted by Gasteiger charge is 2.02. The number of halogens is 1. The molecule has 0 radical (unpaired) electrons. The van der Waals surface area contributed by atoms with Crippen LogP contribution in [-0.4, -0.2) is 11.7 Å². The summed E-state index contributed by atoms with van der Waals surface area (Å²) in [5.41, 5.74) is 5.10. The molecule has 0 saturated carbocycles. The predicted molar refractivity (Wildman–Crippen MR) is 78.8 cm³/mol. The molecule has 0 saturated heterocycles. The first-order chi connectivity index (χ1) is 8.69. The Morgan fingerprint density at radius 2 is 1.72 bits per heavy atom. The van der Waals surface area contributed by atoms with Crippen LogP contribution in [0.2, 0.25) is 0 Å². The zero-order valence-corrected chi connectivity index (χ0v) is 12.1. The Balaban J connectivity index is 2.10. The fraction of sp³-hybridized carbons (Fsp3) is 0.143. The first-order valence-electron chi connectivity index (χ1n) is 5.73. The van der Waals surface area contributed by atoms with Crippen molar-refractivity contribution in [2.24, 2.45) is 0 Å². The Labute approximate surface area is 120 Å². The van der Waals surface area contributed by atoms with Gasteiger partial charge in [-0.1, -0.05) is 12.1 Å². The first kappa shape index (κ1) is 13.2. The molecule has 0 amide bonds. The van der Waals surface area contributed by atoms with Gasteiger partial charge < -0.3 is 15.6 Å². The first-order valence-corrected chi connectivity index (χ1v) is 6.81. The van der Waals surface area contributed by atoms with Crippen LogP contribution in [0.4, 0.5) is 0 Å². The molecule has 0 aliphatic carbocycles. The number of rotatable bonds is 4.